The Bertz CT molecular complexity index is 1080. The monoisotopic (exact) mass is 394 g/mol. The van der Waals surface area contributed by atoms with Gasteiger partial charge in [0.25, 0.3) is 0 Å². The molecule has 1 amide bonds. The SMILES string of the molecule is O=Cc1nc2n(CC(=O)N3CCCCC3)ccn2c(=O)c1OCc1ccccc1. The number of hydrogen-bond acceptors (Lipinski definition) is 5. The maximum Gasteiger partial charge on any atom is 0.302 e. The topological polar surface area (TPSA) is 85.9 Å². The second-order valence-corrected chi connectivity index (χ2v) is 7.06. The van der Waals surface area contributed by atoms with E-state index in [0.29, 0.717) is 6.29 Å². The van der Waals surface area contributed by atoms with Gasteiger partial charge in [0.15, 0.2) is 12.0 Å². The number of benzene rings is 1. The minimum Gasteiger partial charge on any atom is -0.481 e. The Morgan fingerprint density at radius 1 is 1.10 bits per heavy atom. The van der Waals surface area contributed by atoms with Crippen LogP contribution in [0.25, 0.3) is 5.78 Å². The number of rotatable bonds is 6. The van der Waals surface area contributed by atoms with Crippen molar-refractivity contribution in [2.24, 2.45) is 0 Å². The van der Waals surface area contributed by atoms with Crippen molar-refractivity contribution in [3.8, 4) is 5.75 Å². The number of amides is 1. The molecule has 2 aromatic heterocycles. The van der Waals surface area contributed by atoms with Gasteiger partial charge in [0.05, 0.1) is 0 Å². The molecule has 1 aromatic carbocycles. The van der Waals surface area contributed by atoms with E-state index in [9.17, 15) is 14.4 Å². The number of nitrogens with zero attached hydrogens (tertiary/aromatic N) is 4. The lowest BCUT2D eigenvalue weighted by Crippen LogP contribution is -2.37. The van der Waals surface area contributed by atoms with E-state index in [1.54, 1.807) is 10.8 Å². The highest BCUT2D eigenvalue weighted by molar-refractivity contribution is 5.78. The summed E-state index contributed by atoms with van der Waals surface area (Å²) in [5.74, 6) is 0.130. The van der Waals surface area contributed by atoms with Gasteiger partial charge >= 0.3 is 5.56 Å². The van der Waals surface area contributed by atoms with Crippen molar-refractivity contribution in [1.82, 2.24) is 18.9 Å². The molecule has 150 valence electrons. The molecule has 1 aliphatic heterocycles. The highest BCUT2D eigenvalue weighted by Gasteiger charge is 2.20. The van der Waals surface area contributed by atoms with Crippen molar-refractivity contribution in [3.05, 3.63) is 64.3 Å². The van der Waals surface area contributed by atoms with Gasteiger partial charge in [-0.2, -0.15) is 0 Å². The van der Waals surface area contributed by atoms with E-state index in [1.807, 2.05) is 35.2 Å². The molecule has 8 heteroatoms. The minimum atomic E-state index is -0.475. The normalized spacial score (nSPS) is 14.1. The lowest BCUT2D eigenvalue weighted by atomic mass is 10.1. The Morgan fingerprint density at radius 3 is 2.59 bits per heavy atom. The third-order valence-corrected chi connectivity index (χ3v) is 5.09. The van der Waals surface area contributed by atoms with Crippen molar-refractivity contribution in [3.63, 3.8) is 0 Å². The van der Waals surface area contributed by atoms with Crippen molar-refractivity contribution in [1.29, 1.82) is 0 Å². The third kappa shape index (κ3) is 3.91. The summed E-state index contributed by atoms with van der Waals surface area (Å²) in [5, 5.41) is 0. The van der Waals surface area contributed by atoms with Crippen LogP contribution in [0, 0.1) is 0 Å². The van der Waals surface area contributed by atoms with Gasteiger partial charge in [-0.25, -0.2) is 9.38 Å². The first-order chi connectivity index (χ1) is 14.2. The van der Waals surface area contributed by atoms with Crippen LogP contribution in [0.2, 0.25) is 0 Å². The van der Waals surface area contributed by atoms with Gasteiger partial charge in [0, 0.05) is 25.5 Å². The maximum atomic E-state index is 12.9. The maximum absolute atomic E-state index is 12.9. The fraction of sp³-hybridized carbons (Fsp3) is 0.333. The Hall–Kier alpha value is -3.42. The number of aromatic nitrogens is 3. The predicted octanol–water partition coefficient (Wildman–Crippen LogP) is 1.90. The first kappa shape index (κ1) is 18.9. The number of fused-ring (bicyclic) bond motifs is 1. The molecule has 0 N–H and O–H groups in total. The molecule has 3 aromatic rings. The molecule has 3 heterocycles. The van der Waals surface area contributed by atoms with Crippen LogP contribution in [0.3, 0.4) is 0 Å². The second-order valence-electron chi connectivity index (χ2n) is 7.06. The zero-order valence-electron chi connectivity index (χ0n) is 16.0. The molecule has 29 heavy (non-hydrogen) atoms. The highest BCUT2D eigenvalue weighted by Crippen LogP contribution is 2.15. The summed E-state index contributed by atoms with van der Waals surface area (Å²) in [5.41, 5.74) is 0.326. The van der Waals surface area contributed by atoms with Crippen LogP contribution in [0.1, 0.15) is 35.3 Å². The number of likely N-dealkylation sites (tertiary alicyclic amines) is 1. The van der Waals surface area contributed by atoms with E-state index < -0.39 is 5.56 Å². The molecular weight excluding hydrogens is 372 g/mol. The molecule has 1 fully saturated rings. The van der Waals surface area contributed by atoms with E-state index in [-0.39, 0.29) is 36.3 Å². The minimum absolute atomic E-state index is 0.0193. The van der Waals surface area contributed by atoms with Gasteiger partial charge < -0.3 is 14.2 Å². The van der Waals surface area contributed by atoms with Crippen molar-refractivity contribution >= 4 is 18.0 Å². The highest BCUT2D eigenvalue weighted by atomic mass is 16.5. The first-order valence-electron chi connectivity index (χ1n) is 9.68. The second kappa shape index (κ2) is 8.30. The number of carbonyl (C=O) groups excluding carboxylic acids is 2. The Morgan fingerprint density at radius 2 is 1.86 bits per heavy atom. The van der Waals surface area contributed by atoms with Crippen molar-refractivity contribution < 1.29 is 14.3 Å². The van der Waals surface area contributed by atoms with E-state index in [4.69, 9.17) is 4.74 Å². The predicted molar refractivity (Wildman–Crippen MR) is 106 cm³/mol. The van der Waals surface area contributed by atoms with Gasteiger partial charge in [-0.15, -0.1) is 0 Å². The number of aldehydes is 1. The van der Waals surface area contributed by atoms with E-state index >= 15 is 0 Å². The molecule has 1 aliphatic rings. The summed E-state index contributed by atoms with van der Waals surface area (Å²) in [6.45, 7) is 1.73. The lowest BCUT2D eigenvalue weighted by molar-refractivity contribution is -0.132. The molecule has 0 bridgehead atoms. The van der Waals surface area contributed by atoms with Gasteiger partial charge in [0.2, 0.25) is 17.4 Å². The van der Waals surface area contributed by atoms with Gasteiger partial charge in [-0.05, 0) is 24.8 Å². The average molecular weight is 394 g/mol. The number of hydrogen-bond donors (Lipinski definition) is 0. The summed E-state index contributed by atoms with van der Waals surface area (Å²) >= 11 is 0. The largest absolute Gasteiger partial charge is 0.481 e. The molecular formula is C21H22N4O4. The number of imidazole rings is 1. The van der Waals surface area contributed by atoms with Crippen molar-refractivity contribution in [2.75, 3.05) is 13.1 Å². The zero-order chi connectivity index (χ0) is 20.2. The smallest absolute Gasteiger partial charge is 0.302 e. The number of piperidine rings is 1. The first-order valence-corrected chi connectivity index (χ1v) is 9.68. The van der Waals surface area contributed by atoms with E-state index in [1.165, 1.54) is 10.6 Å². The third-order valence-electron chi connectivity index (χ3n) is 5.09. The molecule has 0 atom stereocenters. The molecule has 0 spiro atoms. The Kier molecular flexibility index (Phi) is 5.41. The quantitative estimate of drug-likeness (QED) is 0.596. The van der Waals surface area contributed by atoms with Gasteiger partial charge in [-0.1, -0.05) is 30.3 Å². The summed E-state index contributed by atoms with van der Waals surface area (Å²) < 4.78 is 8.52. The van der Waals surface area contributed by atoms with Crippen LogP contribution >= 0.6 is 0 Å². The molecule has 0 radical (unpaired) electrons. The summed E-state index contributed by atoms with van der Waals surface area (Å²) in [6, 6.07) is 9.36. The molecule has 0 aliphatic carbocycles. The molecule has 0 unspecified atom stereocenters. The Balaban J connectivity index is 1.61. The van der Waals surface area contributed by atoms with Crippen LogP contribution in [-0.2, 0) is 17.9 Å². The van der Waals surface area contributed by atoms with Crippen LogP contribution < -0.4 is 10.3 Å². The van der Waals surface area contributed by atoms with E-state index in [2.05, 4.69) is 4.98 Å². The number of carbonyl (C=O) groups is 2. The van der Waals surface area contributed by atoms with E-state index in [0.717, 1.165) is 37.9 Å². The summed E-state index contributed by atoms with van der Waals surface area (Å²) in [7, 11) is 0. The van der Waals surface area contributed by atoms with Crippen LogP contribution in [0.4, 0.5) is 0 Å². The van der Waals surface area contributed by atoms with Crippen molar-refractivity contribution in [2.45, 2.75) is 32.4 Å². The Labute approximate surface area is 167 Å². The molecule has 0 saturated carbocycles. The molecule has 4 rings (SSSR count). The zero-order valence-corrected chi connectivity index (χ0v) is 16.0. The van der Waals surface area contributed by atoms with Crippen LogP contribution in [-0.4, -0.2) is 44.1 Å². The number of ether oxygens (including phenoxy) is 1. The van der Waals surface area contributed by atoms with Gasteiger partial charge in [0.1, 0.15) is 13.2 Å². The average Bonchev–Trinajstić information content (AvgIpc) is 3.17. The van der Waals surface area contributed by atoms with Gasteiger partial charge in [-0.3, -0.25) is 14.4 Å². The summed E-state index contributed by atoms with van der Waals surface area (Å²) in [6.07, 6.45) is 6.83. The standard InChI is InChI=1S/C21H22N4O4/c26-14-17-19(29-15-16-7-3-1-4-8-16)20(28)25-12-11-24(21(25)22-17)13-18(27)23-9-5-2-6-10-23/h1,3-4,7-8,11-12,14H,2,5-6,9-10,13,15H2. The fourth-order valence-corrected chi connectivity index (χ4v) is 3.53. The summed E-state index contributed by atoms with van der Waals surface area (Å²) in [4.78, 5) is 43.1. The fourth-order valence-electron chi connectivity index (χ4n) is 3.53. The van der Waals surface area contributed by atoms with Crippen LogP contribution in [0.5, 0.6) is 5.75 Å². The van der Waals surface area contributed by atoms with Crippen LogP contribution in [0.15, 0.2) is 47.5 Å². The lowest BCUT2D eigenvalue weighted by Gasteiger charge is -2.26. The molecule has 8 nitrogen and oxygen atoms in total. The molecule has 1 saturated heterocycles.